The summed E-state index contributed by atoms with van der Waals surface area (Å²) < 4.78 is 7.03. The predicted molar refractivity (Wildman–Crippen MR) is 168 cm³/mol. The molecule has 1 unspecified atom stereocenters. The number of aliphatic hydroxyl groups is 1. The molecule has 1 aliphatic heterocycles. The van der Waals surface area contributed by atoms with E-state index < -0.39 is 11.7 Å². The molecular weight excluding hydrogens is 685 g/mol. The number of halogens is 4. The highest BCUT2D eigenvalue weighted by Crippen LogP contribution is 2.28. The smallest absolute Gasteiger partial charge is 0.412 e. The van der Waals surface area contributed by atoms with Crippen LogP contribution >= 0.6 is 55.1 Å². The summed E-state index contributed by atoms with van der Waals surface area (Å²) in [6.07, 6.45) is -0.440. The lowest BCUT2D eigenvalue weighted by Gasteiger charge is -2.39. The Hall–Kier alpha value is -2.30. The first kappa shape index (κ1) is 32.2. The predicted octanol–water partition coefficient (Wildman–Crippen LogP) is 8.60. The Morgan fingerprint density at radius 2 is 1.60 bits per heavy atom. The number of hydrogen-bond donors (Lipinski definition) is 2. The topological polar surface area (TPSA) is 82.1 Å². The lowest BCUT2D eigenvalue weighted by Crippen LogP contribution is -2.54. The fourth-order valence-corrected chi connectivity index (χ4v) is 4.85. The molecule has 0 spiro atoms. The number of ether oxygens (including phenoxy) is 1. The molecule has 7 nitrogen and oxygen atoms in total. The number of hydrogen-bond acceptors (Lipinski definition) is 4. The van der Waals surface area contributed by atoms with Crippen molar-refractivity contribution < 1.29 is 19.4 Å². The number of aliphatic hydroxyl groups excluding tert-OH is 1. The first-order valence-electron chi connectivity index (χ1n) is 12.5. The third-order valence-corrected chi connectivity index (χ3v) is 7.33. The van der Waals surface area contributed by atoms with Crippen molar-refractivity contribution in [3.05, 3.63) is 91.3 Å². The van der Waals surface area contributed by atoms with Crippen LogP contribution in [0.3, 0.4) is 0 Å². The van der Waals surface area contributed by atoms with Crippen molar-refractivity contribution in [3.63, 3.8) is 0 Å². The molecular formula is C29H31Br2Cl2N3O4. The summed E-state index contributed by atoms with van der Waals surface area (Å²) in [7, 11) is 0. The number of nitrogens with zero attached hydrogens (tertiary/aromatic N) is 2. The maximum Gasteiger partial charge on any atom is 0.412 e. The van der Waals surface area contributed by atoms with Gasteiger partial charge in [-0.2, -0.15) is 0 Å². The molecule has 1 fully saturated rings. The molecule has 4 rings (SSSR count). The van der Waals surface area contributed by atoms with Crippen LogP contribution in [0.2, 0.25) is 10.0 Å². The molecule has 214 valence electrons. The second-order valence-corrected chi connectivity index (χ2v) is 12.8. The van der Waals surface area contributed by atoms with Gasteiger partial charge in [-0.25, -0.2) is 9.59 Å². The monoisotopic (exact) mass is 713 g/mol. The van der Waals surface area contributed by atoms with Crippen LogP contribution in [-0.2, 0) is 11.3 Å². The summed E-state index contributed by atoms with van der Waals surface area (Å²) in [6, 6.07) is 20.0. The quantitative estimate of drug-likeness (QED) is 0.277. The molecule has 0 aromatic heterocycles. The van der Waals surface area contributed by atoms with E-state index in [4.69, 9.17) is 27.9 Å². The van der Waals surface area contributed by atoms with Crippen molar-refractivity contribution in [2.24, 2.45) is 5.92 Å². The number of benzene rings is 3. The molecule has 1 saturated heterocycles. The summed E-state index contributed by atoms with van der Waals surface area (Å²) in [5.41, 5.74) is 1.87. The van der Waals surface area contributed by atoms with E-state index in [1.54, 1.807) is 34.1 Å². The van der Waals surface area contributed by atoms with E-state index >= 15 is 0 Å². The van der Waals surface area contributed by atoms with Crippen molar-refractivity contribution in [3.8, 4) is 0 Å². The lowest BCUT2D eigenvalue weighted by atomic mass is 10.1. The molecule has 3 aromatic carbocycles. The van der Waals surface area contributed by atoms with Gasteiger partial charge < -0.3 is 14.7 Å². The summed E-state index contributed by atoms with van der Waals surface area (Å²) in [5, 5.41) is 13.4. The highest BCUT2D eigenvalue weighted by molar-refractivity contribution is 9.10. The van der Waals surface area contributed by atoms with E-state index in [1.165, 1.54) is 0 Å². The number of carbonyl (C=O) groups is 2. The van der Waals surface area contributed by atoms with Gasteiger partial charge in [0.2, 0.25) is 0 Å². The molecule has 1 heterocycles. The highest BCUT2D eigenvalue weighted by Gasteiger charge is 2.32. The first-order valence-corrected chi connectivity index (χ1v) is 14.8. The molecule has 3 aromatic rings. The molecule has 2 N–H and O–H groups in total. The van der Waals surface area contributed by atoms with Gasteiger partial charge in [0.1, 0.15) is 5.60 Å². The van der Waals surface area contributed by atoms with Crippen LogP contribution < -0.4 is 10.2 Å². The number of amides is 3. The molecule has 0 aliphatic carbocycles. The van der Waals surface area contributed by atoms with E-state index in [0.717, 1.165) is 20.2 Å². The first-order chi connectivity index (χ1) is 18.8. The van der Waals surface area contributed by atoms with E-state index in [0.29, 0.717) is 35.4 Å². The van der Waals surface area contributed by atoms with Gasteiger partial charge in [0.05, 0.1) is 0 Å². The van der Waals surface area contributed by atoms with Gasteiger partial charge in [0.15, 0.2) is 0 Å². The third kappa shape index (κ3) is 9.96. The molecule has 1 atom stereocenters. The second-order valence-electron chi connectivity index (χ2n) is 10.2. The Morgan fingerprint density at radius 3 is 2.15 bits per heavy atom. The molecule has 0 radical (unpaired) electrons. The van der Waals surface area contributed by atoms with Crippen molar-refractivity contribution in [1.82, 2.24) is 4.90 Å². The standard InChI is InChI=1S/C18H17BrCl2N2O2.C11H14BrNO2/c19-14-2-5-16(6-3-14)23-9-12(11-24)8-22(18(23)25)10-13-1-4-15(20)7-17(13)21;1-11(2,3)15-10(14)13-9-6-4-8(12)5-7-9/h1-7,12,24H,8-11H2;4-7H,1-3H3,(H,13,14). The molecule has 3 amide bonds. The van der Waals surface area contributed by atoms with Gasteiger partial charge >= 0.3 is 12.1 Å². The van der Waals surface area contributed by atoms with Crippen molar-refractivity contribution in [2.45, 2.75) is 32.9 Å². The Labute approximate surface area is 261 Å². The van der Waals surface area contributed by atoms with Crippen LogP contribution in [0.5, 0.6) is 0 Å². The minimum absolute atomic E-state index is 0.0190. The van der Waals surface area contributed by atoms with Gasteiger partial charge in [-0.1, -0.05) is 61.1 Å². The Morgan fingerprint density at radius 1 is 1.00 bits per heavy atom. The van der Waals surface area contributed by atoms with E-state index in [2.05, 4.69) is 37.2 Å². The Kier molecular flexibility index (Phi) is 11.7. The van der Waals surface area contributed by atoms with Crippen molar-refractivity contribution >= 4 is 78.6 Å². The average molecular weight is 716 g/mol. The minimum atomic E-state index is -0.473. The maximum atomic E-state index is 12.9. The molecule has 40 heavy (non-hydrogen) atoms. The molecule has 1 aliphatic rings. The fraction of sp³-hybridized carbons (Fsp3) is 0.310. The second kappa shape index (κ2) is 14.5. The average Bonchev–Trinajstić information content (AvgIpc) is 2.88. The highest BCUT2D eigenvalue weighted by atomic mass is 79.9. The molecule has 0 saturated carbocycles. The zero-order valence-corrected chi connectivity index (χ0v) is 27.0. The number of nitrogens with one attached hydrogen (secondary N) is 1. The maximum absolute atomic E-state index is 12.9. The Bertz CT molecular complexity index is 1300. The van der Waals surface area contributed by atoms with Crippen molar-refractivity contribution in [1.29, 1.82) is 0 Å². The molecule has 0 bridgehead atoms. The zero-order valence-electron chi connectivity index (χ0n) is 22.3. The summed E-state index contributed by atoms with van der Waals surface area (Å²) in [6.45, 7) is 6.85. The summed E-state index contributed by atoms with van der Waals surface area (Å²) in [5.74, 6) is -0.0209. The summed E-state index contributed by atoms with van der Waals surface area (Å²) in [4.78, 5) is 27.7. The van der Waals surface area contributed by atoms with Gasteiger partial charge in [-0.05, 0) is 87.0 Å². The lowest BCUT2D eigenvalue weighted by molar-refractivity contribution is 0.0636. The van der Waals surface area contributed by atoms with E-state index in [9.17, 15) is 14.7 Å². The summed E-state index contributed by atoms with van der Waals surface area (Å²) >= 11 is 18.9. The van der Waals surface area contributed by atoms with Gasteiger partial charge in [0, 0.05) is 62.5 Å². The Balaban J connectivity index is 0.000000252. The number of carbonyl (C=O) groups excluding carboxylic acids is 2. The SMILES string of the molecule is CC(C)(C)OC(=O)Nc1ccc(Br)cc1.O=C1N(Cc2ccc(Cl)cc2Cl)CC(CO)CN1c1ccc(Br)cc1. The van der Waals surface area contributed by atoms with Crippen LogP contribution in [0.25, 0.3) is 0 Å². The van der Waals surface area contributed by atoms with Crippen LogP contribution in [0.4, 0.5) is 21.0 Å². The fourth-order valence-electron chi connectivity index (χ4n) is 3.85. The normalized spacial score (nSPS) is 15.3. The number of anilines is 2. The largest absolute Gasteiger partial charge is 0.444 e. The van der Waals surface area contributed by atoms with Crippen molar-refractivity contribution in [2.75, 3.05) is 29.9 Å². The van der Waals surface area contributed by atoms with Gasteiger partial charge in [0.25, 0.3) is 0 Å². The number of rotatable bonds is 5. The molecule has 11 heteroatoms. The van der Waals surface area contributed by atoms with Gasteiger partial charge in [-0.15, -0.1) is 0 Å². The van der Waals surface area contributed by atoms with Crippen LogP contribution in [-0.4, -0.2) is 47.4 Å². The van der Waals surface area contributed by atoms with Crippen LogP contribution in [0.15, 0.2) is 75.7 Å². The number of urea groups is 1. The van der Waals surface area contributed by atoms with Crippen LogP contribution in [0, 0.1) is 5.92 Å². The van der Waals surface area contributed by atoms with E-state index in [1.807, 2.05) is 63.2 Å². The van der Waals surface area contributed by atoms with E-state index in [-0.39, 0.29) is 18.6 Å². The minimum Gasteiger partial charge on any atom is -0.444 e. The third-order valence-electron chi connectivity index (χ3n) is 5.68. The zero-order chi connectivity index (χ0) is 29.4. The van der Waals surface area contributed by atoms with Crippen LogP contribution in [0.1, 0.15) is 26.3 Å². The van der Waals surface area contributed by atoms with Gasteiger partial charge in [-0.3, -0.25) is 10.2 Å².